The summed E-state index contributed by atoms with van der Waals surface area (Å²) in [6.07, 6.45) is 2.32. The molecule has 2 N–H and O–H groups in total. The number of nitriles is 2. The Kier molecular flexibility index (Phi) is 2.80. The zero-order valence-electron chi connectivity index (χ0n) is 8.97. The van der Waals surface area contributed by atoms with Crippen molar-refractivity contribution in [2.45, 2.75) is 31.3 Å². The van der Waals surface area contributed by atoms with Crippen LogP contribution in [0.25, 0.3) is 0 Å². The molecule has 0 aromatic carbocycles. The maximum absolute atomic E-state index is 12.0. The highest BCUT2D eigenvalue weighted by molar-refractivity contribution is 5.83. The fourth-order valence-electron chi connectivity index (χ4n) is 2.30. The summed E-state index contributed by atoms with van der Waals surface area (Å²) in [6.45, 7) is 0.620. The molecule has 0 aromatic rings. The second-order valence-electron chi connectivity index (χ2n) is 4.48. The molecule has 0 aromatic heterocycles. The SMILES string of the molecule is N#CC1CCCN1C(=O)C(N)[C@H]1C[C@@H]1C#N. The van der Waals surface area contributed by atoms with Crippen LogP contribution in [-0.2, 0) is 4.79 Å². The number of rotatable bonds is 2. The van der Waals surface area contributed by atoms with Crippen LogP contribution >= 0.6 is 0 Å². The number of hydrogen-bond donors (Lipinski definition) is 1. The lowest BCUT2D eigenvalue weighted by Crippen LogP contribution is -2.47. The van der Waals surface area contributed by atoms with Crippen LogP contribution in [0.5, 0.6) is 0 Å². The highest BCUT2D eigenvalue weighted by atomic mass is 16.2. The van der Waals surface area contributed by atoms with Gasteiger partial charge in [0.2, 0.25) is 5.91 Å². The lowest BCUT2D eigenvalue weighted by molar-refractivity contribution is -0.133. The van der Waals surface area contributed by atoms with Gasteiger partial charge in [0.05, 0.1) is 24.1 Å². The third-order valence-electron chi connectivity index (χ3n) is 3.44. The average Bonchev–Trinajstić information content (AvgIpc) is 2.95. The van der Waals surface area contributed by atoms with Crippen LogP contribution in [0.2, 0.25) is 0 Å². The first-order valence-electron chi connectivity index (χ1n) is 5.54. The monoisotopic (exact) mass is 218 g/mol. The Bertz CT molecular complexity index is 380. The molecule has 0 radical (unpaired) electrons. The van der Waals surface area contributed by atoms with Crippen molar-refractivity contribution in [3.63, 3.8) is 0 Å². The van der Waals surface area contributed by atoms with Crippen LogP contribution < -0.4 is 5.73 Å². The van der Waals surface area contributed by atoms with Crippen molar-refractivity contribution in [3.8, 4) is 12.1 Å². The van der Waals surface area contributed by atoms with E-state index in [1.807, 2.05) is 0 Å². The molecule has 1 amide bonds. The summed E-state index contributed by atoms with van der Waals surface area (Å²) in [5.74, 6) is -0.230. The highest BCUT2D eigenvalue weighted by Crippen LogP contribution is 2.40. The minimum atomic E-state index is -0.599. The standard InChI is InChI=1S/C11H14N4O/c12-5-7-4-9(7)10(14)11(16)15-3-1-2-8(15)6-13/h7-10H,1-4,14H2/t7-,8?,9+,10?/m1/s1. The number of amides is 1. The molecule has 2 unspecified atom stereocenters. The van der Waals surface area contributed by atoms with Gasteiger partial charge in [-0.05, 0) is 19.3 Å². The van der Waals surface area contributed by atoms with E-state index in [0.29, 0.717) is 13.0 Å². The van der Waals surface area contributed by atoms with Crippen LogP contribution in [0.3, 0.4) is 0 Å². The number of carbonyl (C=O) groups is 1. The van der Waals surface area contributed by atoms with Crippen LogP contribution in [0.1, 0.15) is 19.3 Å². The quantitative estimate of drug-likeness (QED) is 0.705. The third kappa shape index (κ3) is 1.75. The van der Waals surface area contributed by atoms with Gasteiger partial charge in [-0.3, -0.25) is 4.79 Å². The maximum Gasteiger partial charge on any atom is 0.240 e. The second kappa shape index (κ2) is 4.11. The fourth-order valence-corrected chi connectivity index (χ4v) is 2.30. The Labute approximate surface area is 94.4 Å². The number of carbonyl (C=O) groups excluding carboxylic acids is 1. The lowest BCUT2D eigenvalue weighted by Gasteiger charge is -2.23. The van der Waals surface area contributed by atoms with Crippen molar-refractivity contribution in [2.75, 3.05) is 6.54 Å². The molecule has 5 heteroatoms. The van der Waals surface area contributed by atoms with Gasteiger partial charge in [0.25, 0.3) is 0 Å². The number of nitrogens with two attached hydrogens (primary N) is 1. The van der Waals surface area contributed by atoms with Gasteiger partial charge in [-0.25, -0.2) is 0 Å². The van der Waals surface area contributed by atoms with Crippen LogP contribution in [0.4, 0.5) is 0 Å². The molecule has 1 aliphatic heterocycles. The largest absolute Gasteiger partial charge is 0.325 e. The molecule has 0 bridgehead atoms. The number of hydrogen-bond acceptors (Lipinski definition) is 4. The Morgan fingerprint density at radius 3 is 2.75 bits per heavy atom. The first kappa shape index (κ1) is 10.9. The van der Waals surface area contributed by atoms with Crippen LogP contribution in [0.15, 0.2) is 0 Å². The zero-order valence-corrected chi connectivity index (χ0v) is 8.97. The maximum atomic E-state index is 12.0. The summed E-state index contributed by atoms with van der Waals surface area (Å²) in [5, 5.41) is 17.6. The number of nitrogens with zero attached hydrogens (tertiary/aromatic N) is 3. The van der Waals surface area contributed by atoms with Crippen molar-refractivity contribution in [1.29, 1.82) is 10.5 Å². The zero-order chi connectivity index (χ0) is 11.7. The molecule has 4 atom stereocenters. The Hall–Kier alpha value is -1.59. The second-order valence-corrected chi connectivity index (χ2v) is 4.48. The van der Waals surface area contributed by atoms with Crippen LogP contribution in [0, 0.1) is 34.5 Å². The van der Waals surface area contributed by atoms with Gasteiger partial charge >= 0.3 is 0 Å². The van der Waals surface area contributed by atoms with Gasteiger partial charge in [-0.1, -0.05) is 0 Å². The van der Waals surface area contributed by atoms with Gasteiger partial charge in [0.15, 0.2) is 0 Å². The predicted octanol–water partition coefficient (Wildman–Crippen LogP) is -0.0120. The highest BCUT2D eigenvalue weighted by Gasteiger charge is 2.46. The number of likely N-dealkylation sites (tertiary alicyclic amines) is 1. The van der Waals surface area contributed by atoms with E-state index in [4.69, 9.17) is 16.3 Å². The van der Waals surface area contributed by atoms with E-state index in [1.165, 1.54) is 0 Å². The van der Waals surface area contributed by atoms with Crippen molar-refractivity contribution in [1.82, 2.24) is 4.90 Å². The van der Waals surface area contributed by atoms with Gasteiger partial charge in [-0.2, -0.15) is 10.5 Å². The minimum Gasteiger partial charge on any atom is -0.325 e. The Balaban J connectivity index is 1.98. The molecular weight excluding hydrogens is 204 g/mol. The van der Waals surface area contributed by atoms with Crippen molar-refractivity contribution >= 4 is 5.91 Å². The molecule has 2 rings (SSSR count). The van der Waals surface area contributed by atoms with E-state index in [0.717, 1.165) is 12.8 Å². The van der Waals surface area contributed by atoms with Crippen molar-refractivity contribution < 1.29 is 4.79 Å². The molecule has 1 saturated carbocycles. The topological polar surface area (TPSA) is 93.9 Å². The molecular formula is C11H14N4O. The Morgan fingerprint density at radius 2 is 2.19 bits per heavy atom. The molecule has 84 valence electrons. The summed E-state index contributed by atoms with van der Waals surface area (Å²) in [5.41, 5.74) is 5.83. The first-order chi connectivity index (χ1) is 7.69. The summed E-state index contributed by atoms with van der Waals surface area (Å²) < 4.78 is 0. The summed E-state index contributed by atoms with van der Waals surface area (Å²) >= 11 is 0. The van der Waals surface area contributed by atoms with Gasteiger partial charge in [-0.15, -0.1) is 0 Å². The molecule has 5 nitrogen and oxygen atoms in total. The minimum absolute atomic E-state index is 0.00237. The Morgan fingerprint density at radius 1 is 1.44 bits per heavy atom. The molecule has 0 spiro atoms. The van der Waals surface area contributed by atoms with Crippen LogP contribution in [-0.4, -0.2) is 29.4 Å². The van der Waals surface area contributed by atoms with E-state index in [9.17, 15) is 4.79 Å². The predicted molar refractivity (Wildman–Crippen MR) is 55.5 cm³/mol. The smallest absolute Gasteiger partial charge is 0.240 e. The fraction of sp³-hybridized carbons (Fsp3) is 0.727. The summed E-state index contributed by atoms with van der Waals surface area (Å²) in [7, 11) is 0. The van der Waals surface area contributed by atoms with Crippen molar-refractivity contribution in [2.24, 2.45) is 17.6 Å². The van der Waals surface area contributed by atoms with E-state index in [1.54, 1.807) is 4.90 Å². The molecule has 1 aliphatic carbocycles. The van der Waals surface area contributed by atoms with Gasteiger partial charge in [0, 0.05) is 12.5 Å². The third-order valence-corrected chi connectivity index (χ3v) is 3.44. The van der Waals surface area contributed by atoms with E-state index in [-0.39, 0.29) is 23.8 Å². The summed E-state index contributed by atoms with van der Waals surface area (Å²) in [4.78, 5) is 13.6. The molecule has 1 saturated heterocycles. The first-order valence-corrected chi connectivity index (χ1v) is 5.54. The summed E-state index contributed by atoms with van der Waals surface area (Å²) in [6, 6.07) is 3.32. The molecule has 16 heavy (non-hydrogen) atoms. The normalized spacial score (nSPS) is 33.9. The molecule has 1 heterocycles. The van der Waals surface area contributed by atoms with E-state index < -0.39 is 6.04 Å². The lowest BCUT2D eigenvalue weighted by atomic mass is 10.1. The van der Waals surface area contributed by atoms with E-state index in [2.05, 4.69) is 12.1 Å². The van der Waals surface area contributed by atoms with Gasteiger partial charge in [0.1, 0.15) is 6.04 Å². The van der Waals surface area contributed by atoms with Crippen molar-refractivity contribution in [3.05, 3.63) is 0 Å². The molecule has 2 fully saturated rings. The van der Waals surface area contributed by atoms with Gasteiger partial charge < -0.3 is 10.6 Å². The molecule has 2 aliphatic rings. The average molecular weight is 218 g/mol. The van der Waals surface area contributed by atoms with E-state index >= 15 is 0 Å².